The van der Waals surface area contributed by atoms with Crippen LogP contribution in [0.25, 0.3) is 22.2 Å². The Morgan fingerprint density at radius 1 is 1.35 bits per heavy atom. The molecule has 106 valence electrons. The standard InChI is InChI=1S/C11H8N4O2.H4N2.H2O/c1-6-8-9(7-3-2-4-12-5-7)13-14-11(16)10(8)15-17-6;1-2;/h2-5H,1H3,(H,14,16);1-2H2;1H2. The number of nitrogens with one attached hydrogen (secondary N) is 1. The second-order valence-corrected chi connectivity index (χ2v) is 3.61. The smallest absolute Gasteiger partial charge is 0.294 e. The van der Waals surface area contributed by atoms with Crippen LogP contribution in [0.3, 0.4) is 0 Å². The number of hydrogen-bond donors (Lipinski definition) is 3. The molecule has 3 aromatic heterocycles. The molecule has 0 bridgehead atoms. The van der Waals surface area contributed by atoms with Crippen LogP contribution in [-0.4, -0.2) is 25.8 Å². The number of pyridine rings is 1. The maximum Gasteiger partial charge on any atom is 0.294 e. The maximum absolute atomic E-state index is 11.5. The van der Waals surface area contributed by atoms with Gasteiger partial charge in [-0.15, -0.1) is 0 Å². The average Bonchev–Trinajstić information content (AvgIpc) is 2.86. The molecular formula is C11H14N6O3. The van der Waals surface area contributed by atoms with Crippen LogP contribution in [0.1, 0.15) is 5.76 Å². The normalized spacial score (nSPS) is 9.55. The fourth-order valence-electron chi connectivity index (χ4n) is 1.73. The molecule has 7 N–H and O–H groups in total. The second kappa shape index (κ2) is 6.52. The Morgan fingerprint density at radius 3 is 2.75 bits per heavy atom. The highest BCUT2D eigenvalue weighted by atomic mass is 16.5. The van der Waals surface area contributed by atoms with Crippen molar-refractivity contribution in [2.45, 2.75) is 6.92 Å². The Balaban J connectivity index is 0.000000639. The predicted octanol–water partition coefficient (Wildman–Crippen LogP) is -0.724. The molecule has 0 aliphatic rings. The van der Waals surface area contributed by atoms with Gasteiger partial charge in [-0.25, -0.2) is 5.10 Å². The lowest BCUT2D eigenvalue weighted by Gasteiger charge is -2.00. The van der Waals surface area contributed by atoms with E-state index in [2.05, 4.69) is 32.0 Å². The molecule has 0 unspecified atom stereocenters. The number of nitrogens with zero attached hydrogens (tertiary/aromatic N) is 3. The average molecular weight is 278 g/mol. The number of fused-ring (bicyclic) bond motifs is 1. The molecule has 0 atom stereocenters. The first-order valence-electron chi connectivity index (χ1n) is 5.36. The van der Waals surface area contributed by atoms with Crippen molar-refractivity contribution < 1.29 is 10.00 Å². The molecule has 0 amide bonds. The van der Waals surface area contributed by atoms with Crippen LogP contribution in [0, 0.1) is 6.92 Å². The van der Waals surface area contributed by atoms with Crippen LogP contribution in [0.5, 0.6) is 0 Å². The van der Waals surface area contributed by atoms with Gasteiger partial charge in [-0.3, -0.25) is 21.5 Å². The van der Waals surface area contributed by atoms with Crippen LogP contribution in [0.15, 0.2) is 33.8 Å². The molecule has 0 fully saturated rings. The van der Waals surface area contributed by atoms with Crippen molar-refractivity contribution in [2.75, 3.05) is 0 Å². The number of aryl methyl sites for hydroxylation is 1. The lowest BCUT2D eigenvalue weighted by molar-refractivity contribution is 0.405. The first-order valence-corrected chi connectivity index (χ1v) is 5.36. The van der Waals surface area contributed by atoms with Crippen molar-refractivity contribution in [2.24, 2.45) is 11.7 Å². The number of nitrogens with two attached hydrogens (primary N) is 2. The zero-order chi connectivity index (χ0) is 13.8. The van der Waals surface area contributed by atoms with E-state index in [-0.39, 0.29) is 16.6 Å². The van der Waals surface area contributed by atoms with Crippen LogP contribution in [0.2, 0.25) is 0 Å². The largest absolute Gasteiger partial charge is 0.412 e. The minimum Gasteiger partial charge on any atom is -0.412 e. The summed E-state index contributed by atoms with van der Waals surface area (Å²) in [4.78, 5) is 15.5. The van der Waals surface area contributed by atoms with Gasteiger partial charge in [0.2, 0.25) is 0 Å². The van der Waals surface area contributed by atoms with Crippen LogP contribution >= 0.6 is 0 Å². The molecule has 0 saturated heterocycles. The van der Waals surface area contributed by atoms with Crippen molar-refractivity contribution in [3.05, 3.63) is 40.6 Å². The van der Waals surface area contributed by atoms with Crippen molar-refractivity contribution in [3.8, 4) is 11.3 Å². The minimum absolute atomic E-state index is 0. The van der Waals surface area contributed by atoms with Crippen molar-refractivity contribution >= 4 is 10.9 Å². The van der Waals surface area contributed by atoms with E-state index in [9.17, 15) is 4.79 Å². The van der Waals surface area contributed by atoms with E-state index < -0.39 is 0 Å². The maximum atomic E-state index is 11.5. The van der Waals surface area contributed by atoms with Gasteiger partial charge >= 0.3 is 0 Å². The van der Waals surface area contributed by atoms with Crippen LogP contribution in [0.4, 0.5) is 0 Å². The summed E-state index contributed by atoms with van der Waals surface area (Å²) >= 11 is 0. The van der Waals surface area contributed by atoms with Crippen molar-refractivity contribution in [1.29, 1.82) is 0 Å². The zero-order valence-electron chi connectivity index (χ0n) is 10.6. The lowest BCUT2D eigenvalue weighted by Crippen LogP contribution is -2.09. The number of rotatable bonds is 1. The summed E-state index contributed by atoms with van der Waals surface area (Å²) in [5, 5.41) is 10.8. The van der Waals surface area contributed by atoms with E-state index in [1.165, 1.54) is 0 Å². The van der Waals surface area contributed by atoms with Gasteiger partial charge < -0.3 is 10.00 Å². The third-order valence-corrected chi connectivity index (χ3v) is 2.52. The Bertz CT molecular complexity index is 737. The van der Waals surface area contributed by atoms with Crippen molar-refractivity contribution in [3.63, 3.8) is 0 Å². The first-order chi connectivity index (χ1) is 9.27. The summed E-state index contributed by atoms with van der Waals surface area (Å²) < 4.78 is 5.03. The number of H-pyrrole nitrogens is 1. The molecule has 0 aromatic carbocycles. The van der Waals surface area contributed by atoms with Gasteiger partial charge in [0.05, 0.1) is 5.39 Å². The summed E-state index contributed by atoms with van der Waals surface area (Å²) in [5.41, 5.74) is 1.33. The van der Waals surface area contributed by atoms with E-state index >= 15 is 0 Å². The van der Waals surface area contributed by atoms with Gasteiger partial charge in [-0.1, -0.05) is 5.16 Å². The molecule has 0 radical (unpaired) electrons. The Hall–Kier alpha value is -2.62. The van der Waals surface area contributed by atoms with Crippen LogP contribution in [-0.2, 0) is 0 Å². The monoisotopic (exact) mass is 278 g/mol. The molecule has 0 aliphatic carbocycles. The summed E-state index contributed by atoms with van der Waals surface area (Å²) in [5.74, 6) is 8.57. The number of hydrazine groups is 1. The summed E-state index contributed by atoms with van der Waals surface area (Å²) in [7, 11) is 0. The summed E-state index contributed by atoms with van der Waals surface area (Å²) in [6.07, 6.45) is 3.35. The molecule has 0 spiro atoms. The van der Waals surface area contributed by atoms with E-state index in [1.54, 1.807) is 25.4 Å². The molecule has 3 rings (SSSR count). The van der Waals surface area contributed by atoms with Gasteiger partial charge in [0, 0.05) is 18.0 Å². The molecular weight excluding hydrogens is 264 g/mol. The predicted molar refractivity (Wildman–Crippen MR) is 72.4 cm³/mol. The molecule has 3 aromatic rings. The molecule has 9 nitrogen and oxygen atoms in total. The SMILES string of the molecule is Cc1onc2c(=O)[nH]nc(-c3cccnc3)c12.NN.O. The van der Waals surface area contributed by atoms with E-state index in [1.807, 2.05) is 6.07 Å². The number of aromatic amines is 1. The van der Waals surface area contributed by atoms with Gasteiger partial charge in [0.1, 0.15) is 11.5 Å². The first kappa shape index (κ1) is 15.4. The Morgan fingerprint density at radius 2 is 2.10 bits per heavy atom. The molecule has 0 saturated carbocycles. The van der Waals surface area contributed by atoms with E-state index in [4.69, 9.17) is 4.52 Å². The molecule has 9 heteroatoms. The second-order valence-electron chi connectivity index (χ2n) is 3.61. The van der Waals surface area contributed by atoms with Gasteiger partial charge in [0.25, 0.3) is 5.56 Å². The molecule has 0 aliphatic heterocycles. The molecule has 3 heterocycles. The highest BCUT2D eigenvalue weighted by Gasteiger charge is 2.15. The fraction of sp³-hybridized carbons (Fsp3) is 0.0909. The molecule has 20 heavy (non-hydrogen) atoms. The lowest BCUT2D eigenvalue weighted by atomic mass is 10.1. The zero-order valence-corrected chi connectivity index (χ0v) is 10.6. The van der Waals surface area contributed by atoms with Crippen molar-refractivity contribution in [1.82, 2.24) is 20.3 Å². The number of hydrogen-bond acceptors (Lipinski definition) is 7. The highest BCUT2D eigenvalue weighted by molar-refractivity contribution is 5.92. The Labute approximate surface area is 112 Å². The number of aromatic nitrogens is 4. The van der Waals surface area contributed by atoms with Gasteiger partial charge in [0.15, 0.2) is 5.52 Å². The third kappa shape index (κ3) is 2.54. The van der Waals surface area contributed by atoms with E-state index in [0.29, 0.717) is 16.8 Å². The summed E-state index contributed by atoms with van der Waals surface area (Å²) in [6.45, 7) is 1.75. The quantitative estimate of drug-likeness (QED) is 0.389. The van der Waals surface area contributed by atoms with Gasteiger partial charge in [-0.2, -0.15) is 5.10 Å². The fourth-order valence-corrected chi connectivity index (χ4v) is 1.73. The summed E-state index contributed by atoms with van der Waals surface area (Å²) in [6, 6.07) is 3.66. The van der Waals surface area contributed by atoms with Crippen LogP contribution < -0.4 is 17.2 Å². The topological polar surface area (TPSA) is 168 Å². The van der Waals surface area contributed by atoms with E-state index in [0.717, 1.165) is 5.56 Å². The minimum atomic E-state index is -0.357. The van der Waals surface area contributed by atoms with Gasteiger partial charge in [-0.05, 0) is 19.1 Å². The highest BCUT2D eigenvalue weighted by Crippen LogP contribution is 2.25. The Kier molecular flexibility index (Phi) is 5.03. The third-order valence-electron chi connectivity index (χ3n) is 2.52.